The topological polar surface area (TPSA) is 66.5 Å². The Morgan fingerprint density at radius 2 is 1.81 bits per heavy atom. The fourth-order valence-corrected chi connectivity index (χ4v) is 4.69. The number of nitrogens with zero attached hydrogens (tertiary/aromatic N) is 1. The van der Waals surface area contributed by atoms with Crippen LogP contribution in [0.25, 0.3) is 0 Å². The third-order valence-corrected chi connectivity index (χ3v) is 6.67. The molecule has 27 heavy (non-hydrogen) atoms. The normalized spacial score (nSPS) is 18.2. The zero-order valence-electron chi connectivity index (χ0n) is 15.2. The molecule has 0 saturated carbocycles. The minimum absolute atomic E-state index is 0.172. The zero-order chi connectivity index (χ0) is 19.4. The minimum Gasteiger partial charge on any atom is -0.352 e. The summed E-state index contributed by atoms with van der Waals surface area (Å²) in [5.41, 5.74) is 1.79. The lowest BCUT2D eigenvalue weighted by molar-refractivity contribution is -0.126. The summed E-state index contributed by atoms with van der Waals surface area (Å²) in [5, 5.41) is 2.82. The fourth-order valence-electron chi connectivity index (χ4n) is 3.17. The molecule has 1 amide bonds. The second-order valence-electron chi connectivity index (χ2n) is 6.86. The summed E-state index contributed by atoms with van der Waals surface area (Å²) >= 11 is 0. The molecule has 144 valence electrons. The van der Waals surface area contributed by atoms with E-state index < -0.39 is 10.0 Å². The van der Waals surface area contributed by atoms with Crippen LogP contribution in [-0.4, -0.2) is 31.7 Å². The molecule has 1 aliphatic rings. The van der Waals surface area contributed by atoms with Gasteiger partial charge in [-0.15, -0.1) is 0 Å². The molecule has 1 heterocycles. The molecular formula is C20H23FN2O3S. The summed E-state index contributed by atoms with van der Waals surface area (Å²) in [6, 6.07) is 12.7. The van der Waals surface area contributed by atoms with Crippen LogP contribution in [0.1, 0.15) is 24.0 Å². The van der Waals surface area contributed by atoms with Gasteiger partial charge in [0.15, 0.2) is 0 Å². The molecule has 1 saturated heterocycles. The second-order valence-corrected chi connectivity index (χ2v) is 8.80. The van der Waals surface area contributed by atoms with Gasteiger partial charge >= 0.3 is 0 Å². The largest absolute Gasteiger partial charge is 0.352 e. The van der Waals surface area contributed by atoms with E-state index in [0.717, 1.165) is 11.1 Å². The van der Waals surface area contributed by atoms with Crippen LogP contribution < -0.4 is 5.32 Å². The molecule has 2 aromatic rings. The average molecular weight is 390 g/mol. The molecular weight excluding hydrogens is 367 g/mol. The van der Waals surface area contributed by atoms with Crippen molar-refractivity contribution in [2.75, 3.05) is 13.1 Å². The second kappa shape index (κ2) is 8.19. The van der Waals surface area contributed by atoms with Gasteiger partial charge in [-0.2, -0.15) is 4.31 Å². The van der Waals surface area contributed by atoms with Crippen molar-refractivity contribution in [1.29, 1.82) is 0 Å². The van der Waals surface area contributed by atoms with Crippen molar-refractivity contribution in [2.45, 2.75) is 31.2 Å². The smallest absolute Gasteiger partial charge is 0.243 e. The number of rotatable bonds is 5. The number of halogens is 1. The van der Waals surface area contributed by atoms with Gasteiger partial charge in [0.25, 0.3) is 0 Å². The van der Waals surface area contributed by atoms with E-state index in [2.05, 4.69) is 5.32 Å². The van der Waals surface area contributed by atoms with Crippen LogP contribution in [0.2, 0.25) is 0 Å². The van der Waals surface area contributed by atoms with Crippen LogP contribution in [0, 0.1) is 18.7 Å². The van der Waals surface area contributed by atoms with Gasteiger partial charge in [-0.1, -0.05) is 29.8 Å². The van der Waals surface area contributed by atoms with E-state index in [1.807, 2.05) is 6.92 Å². The van der Waals surface area contributed by atoms with Gasteiger partial charge in [0.05, 0.1) is 10.8 Å². The van der Waals surface area contributed by atoms with Crippen LogP contribution in [0.3, 0.4) is 0 Å². The van der Waals surface area contributed by atoms with E-state index in [4.69, 9.17) is 0 Å². The number of amides is 1. The molecule has 0 aliphatic carbocycles. The third kappa shape index (κ3) is 4.73. The number of aryl methyl sites for hydroxylation is 1. The molecule has 0 aromatic heterocycles. The Morgan fingerprint density at radius 3 is 2.48 bits per heavy atom. The zero-order valence-corrected chi connectivity index (χ0v) is 16.0. The first kappa shape index (κ1) is 19.5. The van der Waals surface area contributed by atoms with Gasteiger partial charge in [0.2, 0.25) is 15.9 Å². The monoisotopic (exact) mass is 390 g/mol. The van der Waals surface area contributed by atoms with Crippen LogP contribution in [0.15, 0.2) is 53.4 Å². The van der Waals surface area contributed by atoms with E-state index in [0.29, 0.717) is 25.9 Å². The summed E-state index contributed by atoms with van der Waals surface area (Å²) < 4.78 is 40.0. The van der Waals surface area contributed by atoms with Gasteiger partial charge in [-0.05, 0) is 49.6 Å². The van der Waals surface area contributed by atoms with Gasteiger partial charge in [-0.3, -0.25) is 4.79 Å². The number of benzene rings is 2. The lowest BCUT2D eigenvalue weighted by Crippen LogP contribution is -2.45. The molecule has 1 atom stereocenters. The molecule has 1 aliphatic heterocycles. The number of carbonyl (C=O) groups excluding carboxylic acids is 1. The van der Waals surface area contributed by atoms with E-state index in [9.17, 15) is 17.6 Å². The van der Waals surface area contributed by atoms with Crippen LogP contribution in [0.5, 0.6) is 0 Å². The van der Waals surface area contributed by atoms with E-state index in [-0.39, 0.29) is 29.1 Å². The van der Waals surface area contributed by atoms with Gasteiger partial charge in [-0.25, -0.2) is 12.8 Å². The Hall–Kier alpha value is -2.25. The molecule has 7 heteroatoms. The molecule has 0 bridgehead atoms. The summed E-state index contributed by atoms with van der Waals surface area (Å²) in [6.45, 7) is 2.78. The van der Waals surface area contributed by atoms with Crippen LogP contribution in [-0.2, 0) is 21.4 Å². The van der Waals surface area contributed by atoms with E-state index in [1.165, 1.54) is 16.4 Å². The predicted octanol–water partition coefficient (Wildman–Crippen LogP) is 2.85. The fraction of sp³-hybridized carbons (Fsp3) is 0.350. The average Bonchev–Trinajstić information content (AvgIpc) is 2.68. The maximum absolute atomic E-state index is 12.9. The predicted molar refractivity (Wildman–Crippen MR) is 101 cm³/mol. The highest BCUT2D eigenvalue weighted by atomic mass is 32.2. The summed E-state index contributed by atoms with van der Waals surface area (Å²) in [7, 11) is -3.61. The van der Waals surface area contributed by atoms with E-state index in [1.54, 1.807) is 36.4 Å². The first-order valence-electron chi connectivity index (χ1n) is 8.95. The highest BCUT2D eigenvalue weighted by Gasteiger charge is 2.33. The van der Waals surface area contributed by atoms with Crippen molar-refractivity contribution in [3.63, 3.8) is 0 Å². The maximum Gasteiger partial charge on any atom is 0.243 e. The van der Waals surface area contributed by atoms with Crippen molar-refractivity contribution >= 4 is 15.9 Å². The Labute approximate surface area is 159 Å². The van der Waals surface area contributed by atoms with E-state index >= 15 is 0 Å². The van der Waals surface area contributed by atoms with Crippen LogP contribution >= 0.6 is 0 Å². The van der Waals surface area contributed by atoms with Gasteiger partial charge in [0.1, 0.15) is 5.82 Å². The molecule has 2 aromatic carbocycles. The molecule has 1 N–H and O–H groups in total. The van der Waals surface area contributed by atoms with Crippen molar-refractivity contribution in [3.8, 4) is 0 Å². The number of hydrogen-bond donors (Lipinski definition) is 1. The molecule has 1 fully saturated rings. The van der Waals surface area contributed by atoms with Gasteiger partial charge < -0.3 is 5.32 Å². The van der Waals surface area contributed by atoms with Gasteiger partial charge in [0, 0.05) is 19.6 Å². The molecule has 0 spiro atoms. The number of carbonyl (C=O) groups is 1. The maximum atomic E-state index is 12.9. The lowest BCUT2D eigenvalue weighted by atomic mass is 9.99. The van der Waals surface area contributed by atoms with Crippen molar-refractivity contribution in [3.05, 3.63) is 65.5 Å². The number of sulfonamides is 1. The standard InChI is InChI=1S/C20H23FN2O3S/c1-15-4-10-19(11-5-15)27(25,26)23-12-2-3-17(14-23)20(24)22-13-16-6-8-18(21)9-7-16/h4-11,17H,2-3,12-14H2,1H3,(H,22,24)/t17-/m0/s1. The molecule has 5 nitrogen and oxygen atoms in total. The van der Waals surface area contributed by atoms with Crippen molar-refractivity contribution in [1.82, 2.24) is 9.62 Å². The summed E-state index contributed by atoms with van der Waals surface area (Å²) in [4.78, 5) is 12.7. The SMILES string of the molecule is Cc1ccc(S(=O)(=O)N2CCC[C@H](C(=O)NCc3ccc(F)cc3)C2)cc1. The highest BCUT2D eigenvalue weighted by molar-refractivity contribution is 7.89. The highest BCUT2D eigenvalue weighted by Crippen LogP contribution is 2.24. The Balaban J connectivity index is 1.63. The molecule has 0 radical (unpaired) electrons. The summed E-state index contributed by atoms with van der Waals surface area (Å²) in [5.74, 6) is -0.892. The minimum atomic E-state index is -3.61. The first-order chi connectivity index (χ1) is 12.9. The Kier molecular flexibility index (Phi) is 5.92. The quantitative estimate of drug-likeness (QED) is 0.854. The Morgan fingerprint density at radius 1 is 1.15 bits per heavy atom. The van der Waals surface area contributed by atoms with Crippen molar-refractivity contribution < 1.29 is 17.6 Å². The number of nitrogens with one attached hydrogen (secondary N) is 1. The first-order valence-corrected chi connectivity index (χ1v) is 10.4. The lowest BCUT2D eigenvalue weighted by Gasteiger charge is -2.31. The number of hydrogen-bond acceptors (Lipinski definition) is 3. The number of piperidine rings is 1. The molecule has 3 rings (SSSR count). The molecule has 0 unspecified atom stereocenters. The Bertz CT molecular complexity index is 896. The van der Waals surface area contributed by atoms with Crippen molar-refractivity contribution in [2.24, 2.45) is 5.92 Å². The summed E-state index contributed by atoms with van der Waals surface area (Å²) in [6.07, 6.45) is 1.29. The third-order valence-electron chi connectivity index (χ3n) is 4.79. The van der Waals surface area contributed by atoms with Crippen LogP contribution in [0.4, 0.5) is 4.39 Å².